The van der Waals surface area contributed by atoms with Crippen molar-refractivity contribution < 1.29 is 9.53 Å². The number of ether oxygens (including phenoxy) is 1. The summed E-state index contributed by atoms with van der Waals surface area (Å²) in [6.07, 6.45) is 5.46. The predicted octanol–water partition coefficient (Wildman–Crippen LogP) is 2.74. The molecule has 0 spiro atoms. The number of hydrogen-bond donors (Lipinski definition) is 1. The summed E-state index contributed by atoms with van der Waals surface area (Å²) in [5.41, 5.74) is 0. The highest BCUT2D eigenvalue weighted by Gasteiger charge is 2.17. The summed E-state index contributed by atoms with van der Waals surface area (Å²) in [7, 11) is 1.80. The van der Waals surface area contributed by atoms with Crippen LogP contribution in [0.4, 0.5) is 0 Å². The third kappa shape index (κ3) is 6.11. The van der Waals surface area contributed by atoms with Crippen LogP contribution in [0.5, 0.6) is 0 Å². The van der Waals surface area contributed by atoms with Crippen molar-refractivity contribution in [2.24, 2.45) is 5.92 Å². The van der Waals surface area contributed by atoms with Crippen LogP contribution in [0.1, 0.15) is 52.9 Å². The number of nitrogens with one attached hydrogen (secondary N) is 1. The largest absolute Gasteiger partial charge is 0.464 e. The first-order valence-electron chi connectivity index (χ1n) is 6.53. The minimum Gasteiger partial charge on any atom is -0.464 e. The normalized spacial score (nSPS) is 14.5. The zero-order chi connectivity index (χ0) is 12.4. The van der Waals surface area contributed by atoms with Gasteiger partial charge in [-0.05, 0) is 25.8 Å². The Labute approximate surface area is 99.9 Å². The van der Waals surface area contributed by atoms with Crippen LogP contribution in [0.15, 0.2) is 0 Å². The van der Waals surface area contributed by atoms with Gasteiger partial charge in [0.1, 0.15) is 6.04 Å². The molecule has 2 unspecified atom stereocenters. The van der Waals surface area contributed by atoms with Crippen molar-refractivity contribution >= 4 is 5.97 Å². The molecule has 0 aromatic heterocycles. The second kappa shape index (κ2) is 9.64. The van der Waals surface area contributed by atoms with E-state index in [1.54, 1.807) is 7.05 Å². The van der Waals surface area contributed by atoms with Crippen molar-refractivity contribution in [2.45, 2.75) is 58.9 Å². The molecule has 0 aromatic carbocycles. The Hall–Kier alpha value is -0.570. The molecule has 0 saturated heterocycles. The fourth-order valence-electron chi connectivity index (χ4n) is 1.69. The quantitative estimate of drug-likeness (QED) is 0.618. The average molecular weight is 229 g/mol. The van der Waals surface area contributed by atoms with Crippen LogP contribution in [0, 0.1) is 5.92 Å². The summed E-state index contributed by atoms with van der Waals surface area (Å²) in [6.45, 7) is 6.90. The monoisotopic (exact) mass is 229 g/mol. The van der Waals surface area contributed by atoms with Gasteiger partial charge < -0.3 is 10.1 Å². The van der Waals surface area contributed by atoms with Gasteiger partial charge in [-0.15, -0.1) is 0 Å². The number of rotatable bonds is 9. The van der Waals surface area contributed by atoms with E-state index in [4.69, 9.17) is 4.74 Å². The Kier molecular flexibility index (Phi) is 9.30. The molecule has 3 nitrogen and oxygen atoms in total. The standard InChI is InChI=1S/C13H27NO2/c1-5-8-9-11(6-2)10-16-13(15)12(7-3)14-4/h11-12,14H,5-10H2,1-4H3. The zero-order valence-corrected chi connectivity index (χ0v) is 11.2. The van der Waals surface area contributed by atoms with Crippen molar-refractivity contribution in [3.8, 4) is 0 Å². The molecular weight excluding hydrogens is 202 g/mol. The smallest absolute Gasteiger partial charge is 0.323 e. The molecule has 0 fully saturated rings. The SMILES string of the molecule is CCCCC(CC)COC(=O)C(CC)NC. The molecule has 0 aliphatic carbocycles. The Bertz CT molecular complexity index is 179. The molecule has 0 aromatic rings. The molecular formula is C13H27NO2. The van der Waals surface area contributed by atoms with Crippen molar-refractivity contribution in [3.05, 3.63) is 0 Å². The first kappa shape index (κ1) is 15.4. The van der Waals surface area contributed by atoms with Crippen molar-refractivity contribution in [2.75, 3.05) is 13.7 Å². The lowest BCUT2D eigenvalue weighted by molar-refractivity contribution is -0.147. The third-order valence-electron chi connectivity index (χ3n) is 3.05. The van der Waals surface area contributed by atoms with Gasteiger partial charge in [0.2, 0.25) is 0 Å². The molecule has 0 radical (unpaired) electrons. The highest BCUT2D eigenvalue weighted by Crippen LogP contribution is 2.13. The topological polar surface area (TPSA) is 38.3 Å². The fourth-order valence-corrected chi connectivity index (χ4v) is 1.69. The molecule has 0 bridgehead atoms. The summed E-state index contributed by atoms with van der Waals surface area (Å²) in [5, 5.41) is 2.96. The summed E-state index contributed by atoms with van der Waals surface area (Å²) in [5.74, 6) is 0.415. The molecule has 0 aliphatic heterocycles. The highest BCUT2D eigenvalue weighted by molar-refractivity contribution is 5.75. The maximum atomic E-state index is 11.6. The lowest BCUT2D eigenvalue weighted by Gasteiger charge is -2.17. The van der Waals surface area contributed by atoms with Gasteiger partial charge in [0.25, 0.3) is 0 Å². The molecule has 0 amide bonds. The van der Waals surface area contributed by atoms with Gasteiger partial charge in [0.05, 0.1) is 6.61 Å². The molecule has 0 rings (SSSR count). The van der Waals surface area contributed by atoms with Crippen LogP contribution in [0.2, 0.25) is 0 Å². The van der Waals surface area contributed by atoms with Gasteiger partial charge in [-0.2, -0.15) is 0 Å². The minimum atomic E-state index is -0.149. The van der Waals surface area contributed by atoms with E-state index in [0.717, 1.165) is 19.3 Å². The van der Waals surface area contributed by atoms with Crippen LogP contribution in [0.25, 0.3) is 0 Å². The van der Waals surface area contributed by atoms with E-state index in [2.05, 4.69) is 19.2 Å². The van der Waals surface area contributed by atoms with E-state index in [0.29, 0.717) is 12.5 Å². The van der Waals surface area contributed by atoms with Crippen LogP contribution < -0.4 is 5.32 Å². The molecule has 0 saturated carbocycles. The Morgan fingerprint density at radius 3 is 2.38 bits per heavy atom. The lowest BCUT2D eigenvalue weighted by Crippen LogP contribution is -2.35. The van der Waals surface area contributed by atoms with Gasteiger partial charge in [0.15, 0.2) is 0 Å². The van der Waals surface area contributed by atoms with Crippen LogP contribution in [-0.2, 0) is 9.53 Å². The second-order valence-corrected chi connectivity index (χ2v) is 4.30. The van der Waals surface area contributed by atoms with E-state index < -0.39 is 0 Å². The lowest BCUT2D eigenvalue weighted by atomic mass is 10.0. The van der Waals surface area contributed by atoms with Gasteiger partial charge in [-0.1, -0.05) is 40.0 Å². The number of carbonyl (C=O) groups excluding carboxylic acids is 1. The fraction of sp³-hybridized carbons (Fsp3) is 0.923. The van der Waals surface area contributed by atoms with Crippen LogP contribution in [0.3, 0.4) is 0 Å². The molecule has 3 heteroatoms. The van der Waals surface area contributed by atoms with E-state index in [1.165, 1.54) is 12.8 Å². The summed E-state index contributed by atoms with van der Waals surface area (Å²) >= 11 is 0. The maximum absolute atomic E-state index is 11.6. The van der Waals surface area contributed by atoms with Crippen molar-refractivity contribution in [3.63, 3.8) is 0 Å². The Morgan fingerprint density at radius 2 is 1.94 bits per heavy atom. The van der Waals surface area contributed by atoms with E-state index in [9.17, 15) is 4.79 Å². The van der Waals surface area contributed by atoms with Crippen LogP contribution in [-0.4, -0.2) is 25.7 Å². The van der Waals surface area contributed by atoms with E-state index in [1.807, 2.05) is 6.92 Å². The molecule has 16 heavy (non-hydrogen) atoms. The molecule has 2 atom stereocenters. The maximum Gasteiger partial charge on any atom is 0.323 e. The van der Waals surface area contributed by atoms with Gasteiger partial charge in [-0.3, -0.25) is 4.79 Å². The van der Waals surface area contributed by atoms with Crippen LogP contribution >= 0.6 is 0 Å². The first-order chi connectivity index (χ1) is 7.69. The number of unbranched alkanes of at least 4 members (excludes halogenated alkanes) is 1. The molecule has 1 N–H and O–H groups in total. The van der Waals surface area contributed by atoms with Crippen molar-refractivity contribution in [1.29, 1.82) is 0 Å². The molecule has 0 aliphatic rings. The van der Waals surface area contributed by atoms with Gasteiger partial charge in [-0.25, -0.2) is 0 Å². The Morgan fingerprint density at radius 1 is 1.25 bits per heavy atom. The van der Waals surface area contributed by atoms with E-state index in [-0.39, 0.29) is 12.0 Å². The number of likely N-dealkylation sites (N-methyl/N-ethyl adjacent to an activating group) is 1. The third-order valence-corrected chi connectivity index (χ3v) is 3.05. The molecule has 0 heterocycles. The van der Waals surface area contributed by atoms with E-state index >= 15 is 0 Å². The number of esters is 1. The second-order valence-electron chi connectivity index (χ2n) is 4.30. The number of carbonyl (C=O) groups is 1. The first-order valence-corrected chi connectivity index (χ1v) is 6.53. The highest BCUT2D eigenvalue weighted by atomic mass is 16.5. The Balaban J connectivity index is 3.86. The zero-order valence-electron chi connectivity index (χ0n) is 11.2. The summed E-state index contributed by atoms with van der Waals surface area (Å²) in [4.78, 5) is 11.6. The van der Waals surface area contributed by atoms with Gasteiger partial charge >= 0.3 is 5.97 Å². The summed E-state index contributed by atoms with van der Waals surface area (Å²) < 4.78 is 5.33. The predicted molar refractivity (Wildman–Crippen MR) is 67.4 cm³/mol. The molecule has 96 valence electrons. The van der Waals surface area contributed by atoms with Crippen molar-refractivity contribution in [1.82, 2.24) is 5.32 Å². The minimum absolute atomic E-state index is 0.111. The average Bonchev–Trinajstić information content (AvgIpc) is 2.31. The number of hydrogen-bond acceptors (Lipinski definition) is 3. The van der Waals surface area contributed by atoms with Gasteiger partial charge in [0, 0.05) is 0 Å². The summed E-state index contributed by atoms with van der Waals surface area (Å²) in [6, 6.07) is -0.149.